The first-order chi connectivity index (χ1) is 7.78. The number of ether oxygens (including phenoxy) is 1. The van der Waals surface area contributed by atoms with Crippen molar-refractivity contribution in [1.82, 2.24) is 9.97 Å². The van der Waals surface area contributed by atoms with E-state index in [9.17, 15) is 0 Å². The first-order valence-electron chi connectivity index (χ1n) is 4.53. The van der Waals surface area contributed by atoms with Crippen LogP contribution in [0.3, 0.4) is 0 Å². The summed E-state index contributed by atoms with van der Waals surface area (Å²) in [5.41, 5.74) is 5.97. The molecular formula is C11H8N4O. The van der Waals surface area contributed by atoms with Gasteiger partial charge in [-0.1, -0.05) is 0 Å². The minimum Gasteiger partial charge on any atom is -0.438 e. The minimum atomic E-state index is 0.340. The van der Waals surface area contributed by atoms with Crippen LogP contribution in [-0.2, 0) is 0 Å². The quantitative estimate of drug-likeness (QED) is 0.819. The third-order valence-electron chi connectivity index (χ3n) is 1.85. The lowest BCUT2D eigenvalue weighted by atomic mass is 10.2. The number of nitrogen functional groups attached to an aromatic ring is 1. The lowest BCUT2D eigenvalue weighted by Crippen LogP contribution is -1.93. The molecule has 1 aromatic heterocycles. The highest BCUT2D eigenvalue weighted by Crippen LogP contribution is 2.18. The fraction of sp³-hybridized carbons (Fsp3) is 0. The Kier molecular flexibility index (Phi) is 2.65. The van der Waals surface area contributed by atoms with Gasteiger partial charge in [0.25, 0.3) is 0 Å². The molecule has 5 nitrogen and oxygen atoms in total. The maximum absolute atomic E-state index is 8.62. The zero-order chi connectivity index (χ0) is 11.4. The summed E-state index contributed by atoms with van der Waals surface area (Å²) in [4.78, 5) is 7.79. The Balaban J connectivity index is 2.15. The first kappa shape index (κ1) is 9.93. The molecule has 1 aromatic carbocycles. The van der Waals surface area contributed by atoms with E-state index in [1.54, 1.807) is 24.3 Å². The fourth-order valence-electron chi connectivity index (χ4n) is 1.10. The van der Waals surface area contributed by atoms with Gasteiger partial charge >= 0.3 is 0 Å². The summed E-state index contributed by atoms with van der Waals surface area (Å²) in [7, 11) is 0. The van der Waals surface area contributed by atoms with E-state index in [-0.39, 0.29) is 0 Å². The van der Waals surface area contributed by atoms with Crippen LogP contribution in [0.1, 0.15) is 5.56 Å². The van der Waals surface area contributed by atoms with E-state index in [0.29, 0.717) is 23.0 Å². The van der Waals surface area contributed by atoms with E-state index in [1.165, 1.54) is 12.4 Å². The molecule has 16 heavy (non-hydrogen) atoms. The van der Waals surface area contributed by atoms with Crippen LogP contribution in [0.25, 0.3) is 0 Å². The Bertz CT molecular complexity index is 513. The normalized spacial score (nSPS) is 9.44. The highest BCUT2D eigenvalue weighted by molar-refractivity contribution is 5.36. The van der Waals surface area contributed by atoms with Gasteiger partial charge in [-0.25, -0.2) is 9.97 Å². The smallest absolute Gasteiger partial charge is 0.237 e. The number of benzene rings is 1. The molecule has 0 aliphatic rings. The van der Waals surface area contributed by atoms with Crippen LogP contribution in [0.2, 0.25) is 0 Å². The molecule has 0 bridgehead atoms. The van der Waals surface area contributed by atoms with Crippen molar-refractivity contribution < 1.29 is 4.74 Å². The number of hydrogen-bond donors (Lipinski definition) is 1. The molecule has 0 fully saturated rings. The predicted octanol–water partition coefficient (Wildman–Crippen LogP) is 1.72. The largest absolute Gasteiger partial charge is 0.438 e. The zero-order valence-corrected chi connectivity index (χ0v) is 8.29. The summed E-state index contributed by atoms with van der Waals surface area (Å²) in [6.45, 7) is 0. The van der Waals surface area contributed by atoms with E-state index >= 15 is 0 Å². The Morgan fingerprint density at radius 1 is 1.12 bits per heavy atom. The second-order valence-corrected chi connectivity index (χ2v) is 3.02. The first-order valence-corrected chi connectivity index (χ1v) is 4.53. The van der Waals surface area contributed by atoms with E-state index in [0.717, 1.165) is 0 Å². The topological polar surface area (TPSA) is 84.8 Å². The highest BCUT2D eigenvalue weighted by atomic mass is 16.5. The Hall–Kier alpha value is -2.61. The Morgan fingerprint density at radius 2 is 1.88 bits per heavy atom. The molecule has 0 saturated carbocycles. The van der Waals surface area contributed by atoms with Gasteiger partial charge in [0.05, 0.1) is 24.0 Å². The van der Waals surface area contributed by atoms with E-state index in [2.05, 4.69) is 9.97 Å². The summed E-state index contributed by atoms with van der Waals surface area (Å²) in [6.07, 6.45) is 2.85. The van der Waals surface area contributed by atoms with Crippen molar-refractivity contribution in [3.63, 3.8) is 0 Å². The molecule has 0 atom stereocenters. The van der Waals surface area contributed by atoms with Gasteiger partial charge in [-0.2, -0.15) is 5.26 Å². The van der Waals surface area contributed by atoms with Crippen molar-refractivity contribution in [2.24, 2.45) is 0 Å². The van der Waals surface area contributed by atoms with E-state index in [1.807, 2.05) is 6.07 Å². The van der Waals surface area contributed by atoms with Gasteiger partial charge in [0, 0.05) is 0 Å². The number of hydrogen-bond acceptors (Lipinski definition) is 5. The summed E-state index contributed by atoms with van der Waals surface area (Å²) >= 11 is 0. The number of aromatic nitrogens is 2. The van der Waals surface area contributed by atoms with Gasteiger partial charge in [-0.3, -0.25) is 0 Å². The van der Waals surface area contributed by atoms with Gasteiger partial charge < -0.3 is 10.5 Å². The van der Waals surface area contributed by atoms with Gasteiger partial charge in [0.1, 0.15) is 11.6 Å². The molecule has 0 saturated heterocycles. The van der Waals surface area contributed by atoms with Crippen LogP contribution in [0.15, 0.2) is 36.7 Å². The van der Waals surface area contributed by atoms with Gasteiger partial charge in [0.15, 0.2) is 0 Å². The number of anilines is 1. The molecule has 0 spiro atoms. The maximum atomic E-state index is 8.62. The number of nitrogens with two attached hydrogens (primary N) is 1. The van der Waals surface area contributed by atoms with Crippen LogP contribution in [0.4, 0.5) is 5.82 Å². The average molecular weight is 212 g/mol. The van der Waals surface area contributed by atoms with Crippen LogP contribution in [0.5, 0.6) is 11.6 Å². The molecule has 0 amide bonds. The summed E-state index contributed by atoms with van der Waals surface area (Å²) in [5, 5.41) is 8.62. The number of nitrogens with zero attached hydrogens (tertiary/aromatic N) is 3. The molecule has 2 rings (SSSR count). The van der Waals surface area contributed by atoms with Crippen molar-refractivity contribution in [2.45, 2.75) is 0 Å². The molecule has 2 aromatic rings. The second-order valence-electron chi connectivity index (χ2n) is 3.02. The third kappa shape index (κ3) is 2.25. The molecule has 0 aliphatic heterocycles. The maximum Gasteiger partial charge on any atom is 0.237 e. The zero-order valence-electron chi connectivity index (χ0n) is 8.29. The van der Waals surface area contributed by atoms with Gasteiger partial charge in [0.2, 0.25) is 5.88 Å². The summed E-state index contributed by atoms with van der Waals surface area (Å²) in [5.74, 6) is 1.30. The summed E-state index contributed by atoms with van der Waals surface area (Å²) in [6, 6.07) is 8.74. The Morgan fingerprint density at radius 3 is 2.44 bits per heavy atom. The predicted molar refractivity (Wildman–Crippen MR) is 57.7 cm³/mol. The van der Waals surface area contributed by atoms with Crippen molar-refractivity contribution in [3.8, 4) is 17.7 Å². The van der Waals surface area contributed by atoms with Crippen LogP contribution < -0.4 is 10.5 Å². The van der Waals surface area contributed by atoms with Crippen LogP contribution in [0, 0.1) is 11.3 Å². The molecule has 0 radical (unpaired) electrons. The molecular weight excluding hydrogens is 204 g/mol. The van der Waals surface area contributed by atoms with E-state index < -0.39 is 0 Å². The average Bonchev–Trinajstić information content (AvgIpc) is 2.33. The number of nitriles is 1. The Labute approximate surface area is 92.1 Å². The molecule has 5 heteroatoms. The molecule has 78 valence electrons. The van der Waals surface area contributed by atoms with Crippen LogP contribution in [-0.4, -0.2) is 9.97 Å². The third-order valence-corrected chi connectivity index (χ3v) is 1.85. The van der Waals surface area contributed by atoms with Gasteiger partial charge in [-0.05, 0) is 24.3 Å². The van der Waals surface area contributed by atoms with Gasteiger partial charge in [-0.15, -0.1) is 0 Å². The summed E-state index contributed by atoms with van der Waals surface area (Å²) < 4.78 is 5.39. The van der Waals surface area contributed by atoms with Crippen LogP contribution >= 0.6 is 0 Å². The SMILES string of the molecule is N#Cc1ccc(Oc2cnc(N)cn2)cc1. The molecule has 2 N–H and O–H groups in total. The molecule has 0 unspecified atom stereocenters. The van der Waals surface area contributed by atoms with Crippen molar-refractivity contribution >= 4 is 5.82 Å². The monoisotopic (exact) mass is 212 g/mol. The van der Waals surface area contributed by atoms with Crippen molar-refractivity contribution in [1.29, 1.82) is 5.26 Å². The second kappa shape index (κ2) is 4.28. The lowest BCUT2D eigenvalue weighted by Gasteiger charge is -2.03. The number of rotatable bonds is 2. The van der Waals surface area contributed by atoms with E-state index in [4.69, 9.17) is 15.7 Å². The minimum absolute atomic E-state index is 0.340. The fourth-order valence-corrected chi connectivity index (χ4v) is 1.10. The standard InChI is InChI=1S/C11H8N4O/c12-5-8-1-3-9(4-2-8)16-11-7-14-10(13)6-15-11/h1-4,6-7H,(H2,13,14). The van der Waals surface area contributed by atoms with Crippen molar-refractivity contribution in [3.05, 3.63) is 42.2 Å². The lowest BCUT2D eigenvalue weighted by molar-refractivity contribution is 0.460. The van der Waals surface area contributed by atoms with Crippen molar-refractivity contribution in [2.75, 3.05) is 5.73 Å². The molecule has 0 aliphatic carbocycles. The highest BCUT2D eigenvalue weighted by Gasteiger charge is 1.99. The molecule has 1 heterocycles.